The van der Waals surface area contributed by atoms with E-state index >= 15 is 0 Å². The Morgan fingerprint density at radius 1 is 1.24 bits per heavy atom. The second-order valence-corrected chi connectivity index (χ2v) is 4.33. The first-order valence-corrected chi connectivity index (χ1v) is 6.68. The predicted octanol–water partition coefficient (Wildman–Crippen LogP) is 2.95. The van der Waals surface area contributed by atoms with Crippen LogP contribution >= 0.6 is 0 Å². The zero-order valence-electron chi connectivity index (χ0n) is 11.1. The molecule has 0 aromatic carbocycles. The third kappa shape index (κ3) is 9.85. The van der Waals surface area contributed by atoms with Gasteiger partial charge in [0.25, 0.3) is 0 Å². The molecule has 0 aliphatic carbocycles. The summed E-state index contributed by atoms with van der Waals surface area (Å²) in [6.07, 6.45) is 9.39. The van der Waals surface area contributed by atoms with E-state index in [1.54, 1.807) is 0 Å². The number of hydrogen-bond acceptors (Lipinski definition) is 2. The van der Waals surface area contributed by atoms with E-state index in [1.165, 1.54) is 19.3 Å². The first-order valence-electron chi connectivity index (χ1n) is 6.68. The average molecular weight is 240 g/mol. The van der Waals surface area contributed by atoms with Crippen LogP contribution in [0.25, 0.3) is 0 Å². The highest BCUT2D eigenvalue weighted by Crippen LogP contribution is 2.00. The lowest BCUT2D eigenvalue weighted by Crippen LogP contribution is -2.42. The van der Waals surface area contributed by atoms with Crippen LogP contribution in [0.15, 0.2) is 0 Å². The first kappa shape index (κ1) is 15.9. The molecule has 4 heteroatoms. The SMILES string of the molecule is CCCCCCNC(=O)NC(C[C]=N)CCC. The van der Waals surface area contributed by atoms with E-state index in [1.807, 2.05) is 0 Å². The summed E-state index contributed by atoms with van der Waals surface area (Å²) in [6.45, 7) is 4.98. The van der Waals surface area contributed by atoms with Crippen LogP contribution in [-0.2, 0) is 0 Å². The summed E-state index contributed by atoms with van der Waals surface area (Å²) in [5.41, 5.74) is 0. The highest BCUT2D eigenvalue weighted by molar-refractivity contribution is 5.74. The second-order valence-electron chi connectivity index (χ2n) is 4.33. The van der Waals surface area contributed by atoms with Crippen molar-refractivity contribution in [3.63, 3.8) is 0 Å². The summed E-state index contributed by atoms with van der Waals surface area (Å²) in [6, 6.07) is -0.0664. The Hall–Kier alpha value is -1.06. The Morgan fingerprint density at radius 3 is 2.59 bits per heavy atom. The minimum absolute atomic E-state index is 0.0492. The van der Waals surface area contributed by atoms with Crippen molar-refractivity contribution in [1.82, 2.24) is 10.6 Å². The molecule has 0 saturated carbocycles. The molecule has 0 aliphatic rings. The van der Waals surface area contributed by atoms with Crippen LogP contribution < -0.4 is 10.6 Å². The van der Waals surface area contributed by atoms with Crippen LogP contribution in [0.5, 0.6) is 0 Å². The highest BCUT2D eigenvalue weighted by Gasteiger charge is 2.09. The molecule has 2 amide bonds. The van der Waals surface area contributed by atoms with Crippen LogP contribution in [0.4, 0.5) is 4.79 Å². The minimum atomic E-state index is -0.116. The predicted molar refractivity (Wildman–Crippen MR) is 71.7 cm³/mol. The molecule has 0 spiro atoms. The third-order valence-electron chi connectivity index (χ3n) is 2.64. The highest BCUT2D eigenvalue weighted by atomic mass is 16.2. The van der Waals surface area contributed by atoms with Gasteiger partial charge < -0.3 is 16.0 Å². The number of hydrogen-bond donors (Lipinski definition) is 3. The summed E-state index contributed by atoms with van der Waals surface area (Å²) >= 11 is 0. The molecule has 4 nitrogen and oxygen atoms in total. The van der Waals surface area contributed by atoms with Gasteiger partial charge in [0.1, 0.15) is 0 Å². The van der Waals surface area contributed by atoms with E-state index in [0.717, 1.165) is 25.8 Å². The molecule has 17 heavy (non-hydrogen) atoms. The Labute approximate surface area is 105 Å². The van der Waals surface area contributed by atoms with Gasteiger partial charge >= 0.3 is 6.03 Å². The molecule has 99 valence electrons. The molecule has 0 aromatic heterocycles. The minimum Gasteiger partial charge on any atom is -0.338 e. The standard InChI is InChI=1S/C13H26N3O/c1-3-5-6-7-11-15-13(17)16-12(8-4-2)9-10-14/h12,14H,3-9,11H2,1-2H3,(H2,15,16,17). The van der Waals surface area contributed by atoms with Crippen LogP contribution in [-0.4, -0.2) is 24.8 Å². The molecule has 1 radical (unpaired) electrons. The molecule has 0 saturated heterocycles. The van der Waals surface area contributed by atoms with Gasteiger partial charge in [0, 0.05) is 19.0 Å². The van der Waals surface area contributed by atoms with Gasteiger partial charge in [-0.05, 0) is 12.8 Å². The lowest BCUT2D eigenvalue weighted by atomic mass is 10.1. The van der Waals surface area contributed by atoms with E-state index in [4.69, 9.17) is 5.41 Å². The number of amides is 2. The number of unbranched alkanes of at least 4 members (excludes halogenated alkanes) is 3. The van der Waals surface area contributed by atoms with E-state index in [-0.39, 0.29) is 12.1 Å². The van der Waals surface area contributed by atoms with E-state index < -0.39 is 0 Å². The van der Waals surface area contributed by atoms with Gasteiger partial charge in [-0.2, -0.15) is 0 Å². The largest absolute Gasteiger partial charge is 0.338 e. The van der Waals surface area contributed by atoms with Gasteiger partial charge in [0.05, 0.1) is 6.21 Å². The van der Waals surface area contributed by atoms with Crippen molar-refractivity contribution < 1.29 is 4.79 Å². The number of carbonyl (C=O) groups excluding carboxylic acids is 1. The fourth-order valence-electron chi connectivity index (χ4n) is 1.69. The van der Waals surface area contributed by atoms with Crippen molar-refractivity contribution in [2.75, 3.05) is 6.54 Å². The zero-order chi connectivity index (χ0) is 12.9. The topological polar surface area (TPSA) is 65.0 Å². The van der Waals surface area contributed by atoms with Crippen molar-refractivity contribution >= 4 is 12.2 Å². The monoisotopic (exact) mass is 240 g/mol. The number of urea groups is 1. The van der Waals surface area contributed by atoms with Crippen molar-refractivity contribution in [2.24, 2.45) is 0 Å². The molecule has 0 rings (SSSR count). The van der Waals surface area contributed by atoms with Crippen LogP contribution in [0.3, 0.4) is 0 Å². The summed E-state index contributed by atoms with van der Waals surface area (Å²) in [5.74, 6) is 0. The molecular formula is C13H26N3O. The molecule has 3 N–H and O–H groups in total. The Balaban J connectivity index is 3.62. The summed E-state index contributed by atoms with van der Waals surface area (Å²) < 4.78 is 0. The lowest BCUT2D eigenvalue weighted by molar-refractivity contribution is 0.236. The maximum Gasteiger partial charge on any atom is 0.315 e. The molecule has 0 aliphatic heterocycles. The lowest BCUT2D eigenvalue weighted by Gasteiger charge is -2.16. The fraction of sp³-hybridized carbons (Fsp3) is 0.846. The van der Waals surface area contributed by atoms with E-state index in [0.29, 0.717) is 6.42 Å². The van der Waals surface area contributed by atoms with Gasteiger partial charge in [-0.25, -0.2) is 4.79 Å². The normalized spacial score (nSPS) is 11.9. The van der Waals surface area contributed by atoms with Crippen LogP contribution in [0.2, 0.25) is 0 Å². The molecule has 0 heterocycles. The van der Waals surface area contributed by atoms with Crippen molar-refractivity contribution in [1.29, 1.82) is 5.41 Å². The van der Waals surface area contributed by atoms with Crippen LogP contribution in [0, 0.1) is 5.41 Å². The summed E-state index contributed by atoms with van der Waals surface area (Å²) in [7, 11) is 0. The Kier molecular flexibility index (Phi) is 10.7. The number of rotatable bonds is 10. The first-order chi connectivity index (χ1) is 8.24. The Morgan fingerprint density at radius 2 is 2.00 bits per heavy atom. The molecule has 1 atom stereocenters. The van der Waals surface area contributed by atoms with Gasteiger partial charge in [0.2, 0.25) is 0 Å². The van der Waals surface area contributed by atoms with Crippen molar-refractivity contribution in [2.45, 2.75) is 64.8 Å². The molecular weight excluding hydrogens is 214 g/mol. The molecule has 0 bridgehead atoms. The number of carbonyl (C=O) groups is 1. The zero-order valence-corrected chi connectivity index (χ0v) is 11.1. The Bertz CT molecular complexity index is 207. The molecule has 1 unspecified atom stereocenters. The van der Waals surface area contributed by atoms with Gasteiger partial charge in [-0.3, -0.25) is 0 Å². The second kappa shape index (κ2) is 11.4. The van der Waals surface area contributed by atoms with Gasteiger partial charge in [0.15, 0.2) is 0 Å². The molecule has 0 aromatic rings. The summed E-state index contributed by atoms with van der Waals surface area (Å²) in [4.78, 5) is 11.5. The van der Waals surface area contributed by atoms with Crippen LogP contribution in [0.1, 0.15) is 58.8 Å². The van der Waals surface area contributed by atoms with Gasteiger partial charge in [-0.15, -0.1) is 0 Å². The summed E-state index contributed by atoms with van der Waals surface area (Å²) in [5, 5.41) is 12.7. The quantitative estimate of drug-likeness (QED) is 0.399. The van der Waals surface area contributed by atoms with Gasteiger partial charge in [-0.1, -0.05) is 39.5 Å². The van der Waals surface area contributed by atoms with E-state index in [2.05, 4.69) is 30.7 Å². The smallest absolute Gasteiger partial charge is 0.315 e. The van der Waals surface area contributed by atoms with Crippen molar-refractivity contribution in [3.05, 3.63) is 0 Å². The number of nitrogens with one attached hydrogen (secondary N) is 3. The maximum atomic E-state index is 11.5. The third-order valence-corrected chi connectivity index (χ3v) is 2.64. The van der Waals surface area contributed by atoms with E-state index in [9.17, 15) is 4.79 Å². The molecule has 0 fully saturated rings. The average Bonchev–Trinajstić information content (AvgIpc) is 2.29. The fourth-order valence-corrected chi connectivity index (χ4v) is 1.69. The maximum absolute atomic E-state index is 11.5. The van der Waals surface area contributed by atoms with Crippen molar-refractivity contribution in [3.8, 4) is 0 Å².